The van der Waals surface area contributed by atoms with Crippen molar-refractivity contribution < 1.29 is 24.5 Å². The van der Waals surface area contributed by atoms with E-state index in [1.807, 2.05) is 24.3 Å². The maximum absolute atomic E-state index is 6.04. The predicted molar refractivity (Wildman–Crippen MR) is 252 cm³/mol. The average Bonchev–Trinajstić information content (AvgIpc) is 3.81. The van der Waals surface area contributed by atoms with Crippen molar-refractivity contribution in [2.75, 3.05) is 0 Å². The molecule has 9 aromatic rings. The number of aromatic nitrogens is 3. The van der Waals surface area contributed by atoms with Crippen LogP contribution in [0.2, 0.25) is 19.6 Å². The first-order chi connectivity index (χ1) is 28.4. The second-order valence-electron chi connectivity index (χ2n) is 17.6. The fourth-order valence-electron chi connectivity index (χ4n) is 8.33. The number of fused-ring (bicyclic) bond motifs is 3. The number of furan rings is 1. The second kappa shape index (κ2) is 17.7. The zero-order valence-corrected chi connectivity index (χ0v) is 39.5. The minimum atomic E-state index is -1.34. The summed E-state index contributed by atoms with van der Waals surface area (Å²) in [6.07, 6.45) is 6.46. The molecule has 0 aliphatic heterocycles. The summed E-state index contributed by atoms with van der Waals surface area (Å²) in [5, 5.41) is 4.88. The molecule has 305 valence electrons. The molecule has 6 heteroatoms. The zero-order chi connectivity index (χ0) is 41.4. The smallest absolute Gasteiger partial charge is 0.0798 e. The zero-order valence-electron chi connectivity index (χ0n) is 36.1. The van der Waals surface area contributed by atoms with Gasteiger partial charge in [-0.1, -0.05) is 143 Å². The standard InChI is InChI=1S/C36H29N2O.C18H24NSi.Ir/c1-22(2)26-14-15-27-19-30-31(21-39-34(30)20-28(27)18-26)36-37-32-12-8-9-13-33(32)38(36)29-16-23(3)35(24(4)17-29)25-10-6-5-7-11-25;1-14(2)11-16-12-17(15-9-7-6-8-10-15)19-13-18(16)20(3,4)5;/h5-20,22H,1-4H3;6-9,12-14H,11H2,1-5H3;/q2*-1;. The molecule has 3 heterocycles. The molecule has 1 radical (unpaired) electrons. The number of hydrogen-bond acceptors (Lipinski definition) is 3. The first-order valence-corrected chi connectivity index (χ1v) is 24.3. The third-order valence-corrected chi connectivity index (χ3v) is 13.3. The molecule has 0 bridgehead atoms. The minimum absolute atomic E-state index is 0. The molecule has 4 nitrogen and oxygen atoms in total. The van der Waals surface area contributed by atoms with Gasteiger partial charge in [-0.15, -0.1) is 35.9 Å². The largest absolute Gasteiger partial charge is 0.557 e. The van der Waals surface area contributed by atoms with Crippen LogP contribution >= 0.6 is 0 Å². The second-order valence-corrected chi connectivity index (χ2v) is 22.7. The monoisotopic (exact) mass is 980 g/mol. The number of rotatable bonds is 8. The van der Waals surface area contributed by atoms with E-state index in [4.69, 9.17) is 9.40 Å². The summed E-state index contributed by atoms with van der Waals surface area (Å²) in [5.41, 5.74) is 14.7. The summed E-state index contributed by atoms with van der Waals surface area (Å²) in [5.74, 6) is 1.98. The van der Waals surface area contributed by atoms with Gasteiger partial charge in [0.05, 0.1) is 24.9 Å². The molecular weight excluding hydrogens is 927 g/mol. The van der Waals surface area contributed by atoms with Crippen molar-refractivity contribution in [2.24, 2.45) is 5.92 Å². The summed E-state index contributed by atoms with van der Waals surface area (Å²) in [4.78, 5) is 9.80. The third kappa shape index (κ3) is 8.74. The molecule has 0 unspecified atom stereocenters. The van der Waals surface area contributed by atoms with Gasteiger partial charge in [-0.3, -0.25) is 4.98 Å². The molecule has 6 aromatic carbocycles. The van der Waals surface area contributed by atoms with E-state index in [0.29, 0.717) is 11.8 Å². The average molecular weight is 980 g/mol. The van der Waals surface area contributed by atoms with Crippen molar-refractivity contribution in [2.45, 2.75) is 73.5 Å². The number of aryl methyl sites for hydroxylation is 2. The van der Waals surface area contributed by atoms with Crippen LogP contribution in [0.1, 0.15) is 55.9 Å². The Balaban J connectivity index is 0.000000220. The van der Waals surface area contributed by atoms with Gasteiger partial charge in [0, 0.05) is 43.8 Å². The normalized spacial score (nSPS) is 11.7. The van der Waals surface area contributed by atoms with Gasteiger partial charge in [0.1, 0.15) is 0 Å². The SMILES string of the molecule is CC(C)Cc1cc(-c2[c-]cccc2)ncc1[Si](C)(C)C.Cc1cc(-n2c(-c3[c-]oc4cc5cc(C(C)C)ccc5cc34)nc3ccccc32)cc(C)c1-c1ccccc1.[Ir]. The summed E-state index contributed by atoms with van der Waals surface area (Å²) < 4.78 is 8.29. The van der Waals surface area contributed by atoms with E-state index in [-0.39, 0.29) is 20.1 Å². The van der Waals surface area contributed by atoms with Crippen molar-refractivity contribution in [1.29, 1.82) is 0 Å². The van der Waals surface area contributed by atoms with Gasteiger partial charge in [-0.05, 0) is 106 Å². The van der Waals surface area contributed by atoms with Crippen LogP contribution in [0, 0.1) is 32.1 Å². The van der Waals surface area contributed by atoms with E-state index in [1.54, 1.807) is 0 Å². The fourth-order valence-corrected chi connectivity index (χ4v) is 9.92. The van der Waals surface area contributed by atoms with E-state index in [2.05, 4.69) is 192 Å². The van der Waals surface area contributed by atoms with Gasteiger partial charge in [0.25, 0.3) is 0 Å². The topological polar surface area (TPSA) is 43.9 Å². The summed E-state index contributed by atoms with van der Waals surface area (Å²) in [6, 6.07) is 48.1. The molecular formula is C54H53IrN3OSi-2. The number of hydrogen-bond donors (Lipinski definition) is 0. The van der Waals surface area contributed by atoms with Gasteiger partial charge < -0.3 is 14.0 Å². The first kappa shape index (κ1) is 42.7. The Bertz CT molecular complexity index is 2900. The maximum atomic E-state index is 6.04. The number of nitrogens with zero attached hydrogens (tertiary/aromatic N) is 3. The molecule has 0 aliphatic rings. The molecule has 9 rings (SSSR count). The molecule has 0 fully saturated rings. The van der Waals surface area contributed by atoms with Crippen LogP contribution in [0.5, 0.6) is 0 Å². The number of benzene rings is 6. The van der Waals surface area contributed by atoms with Crippen LogP contribution < -0.4 is 5.19 Å². The molecule has 0 N–H and O–H groups in total. The van der Waals surface area contributed by atoms with Crippen LogP contribution in [-0.2, 0) is 26.5 Å². The number of imidazole rings is 1. The van der Waals surface area contributed by atoms with Gasteiger partial charge in [0.2, 0.25) is 0 Å². The first-order valence-electron chi connectivity index (χ1n) is 20.8. The van der Waals surface area contributed by atoms with Gasteiger partial charge >= 0.3 is 0 Å². The predicted octanol–water partition coefficient (Wildman–Crippen LogP) is 14.1. The fraction of sp³-hybridized carbons (Fsp3) is 0.222. The Morgan fingerprint density at radius 2 is 1.47 bits per heavy atom. The summed E-state index contributed by atoms with van der Waals surface area (Å²) in [7, 11) is -1.34. The van der Waals surface area contributed by atoms with E-state index in [9.17, 15) is 0 Å². The van der Waals surface area contributed by atoms with Crippen LogP contribution in [0.15, 0.2) is 138 Å². The molecule has 0 spiro atoms. The molecule has 0 atom stereocenters. The maximum Gasteiger partial charge on any atom is 0.0798 e. The number of pyridine rings is 1. The van der Waals surface area contributed by atoms with Crippen molar-refractivity contribution in [1.82, 2.24) is 14.5 Å². The summed E-state index contributed by atoms with van der Waals surface area (Å²) >= 11 is 0. The van der Waals surface area contributed by atoms with Crippen molar-refractivity contribution in [3.63, 3.8) is 0 Å². The van der Waals surface area contributed by atoms with Crippen LogP contribution in [-0.4, -0.2) is 22.6 Å². The van der Waals surface area contributed by atoms with Crippen molar-refractivity contribution >= 4 is 46.0 Å². The summed E-state index contributed by atoms with van der Waals surface area (Å²) in [6.45, 7) is 20.6. The molecule has 60 heavy (non-hydrogen) atoms. The van der Waals surface area contributed by atoms with E-state index in [0.717, 1.165) is 56.8 Å². The quantitative estimate of drug-likeness (QED) is 0.113. The molecule has 0 saturated carbocycles. The van der Waals surface area contributed by atoms with Gasteiger partial charge in [0.15, 0.2) is 0 Å². The Kier molecular flexibility index (Phi) is 12.6. The Morgan fingerprint density at radius 3 is 2.15 bits per heavy atom. The van der Waals surface area contributed by atoms with E-state index < -0.39 is 8.07 Å². The Hall–Kier alpha value is -5.39. The Morgan fingerprint density at radius 1 is 0.750 bits per heavy atom. The van der Waals surface area contributed by atoms with Crippen LogP contribution in [0.25, 0.3) is 72.2 Å². The molecule has 0 saturated heterocycles. The van der Waals surface area contributed by atoms with Crippen LogP contribution in [0.3, 0.4) is 0 Å². The van der Waals surface area contributed by atoms with Crippen molar-refractivity contribution in [3.05, 3.63) is 168 Å². The van der Waals surface area contributed by atoms with Gasteiger partial charge in [-0.2, -0.15) is 0 Å². The Labute approximate surface area is 370 Å². The molecule has 0 aliphatic carbocycles. The number of para-hydroxylation sites is 2. The van der Waals surface area contributed by atoms with Crippen molar-refractivity contribution in [3.8, 4) is 39.5 Å². The molecule has 3 aromatic heterocycles. The van der Waals surface area contributed by atoms with E-state index in [1.165, 1.54) is 49.3 Å². The van der Waals surface area contributed by atoms with E-state index >= 15 is 0 Å². The van der Waals surface area contributed by atoms with Gasteiger partial charge in [-0.25, -0.2) is 0 Å². The minimum Gasteiger partial charge on any atom is -0.557 e. The molecule has 0 amide bonds. The van der Waals surface area contributed by atoms with Crippen LogP contribution in [0.4, 0.5) is 0 Å². The third-order valence-electron chi connectivity index (χ3n) is 11.2.